The maximum Gasteiger partial charge on any atom is 0.325 e. The molecule has 0 radical (unpaired) electrons. The van der Waals surface area contributed by atoms with Crippen molar-refractivity contribution in [2.45, 2.75) is 19.9 Å². The zero-order valence-corrected chi connectivity index (χ0v) is 12.3. The van der Waals surface area contributed by atoms with Crippen LogP contribution in [0.2, 0.25) is 0 Å². The van der Waals surface area contributed by atoms with Crippen molar-refractivity contribution in [2.24, 2.45) is 0 Å². The van der Waals surface area contributed by atoms with E-state index in [1.807, 2.05) is 0 Å². The molecule has 0 aromatic heterocycles. The summed E-state index contributed by atoms with van der Waals surface area (Å²) in [6.45, 7) is 3.22. The third-order valence-electron chi connectivity index (χ3n) is 2.74. The molecule has 0 aliphatic rings. The summed E-state index contributed by atoms with van der Waals surface area (Å²) in [5.41, 5.74) is -0.808. The van der Waals surface area contributed by atoms with Gasteiger partial charge in [-0.2, -0.15) is 0 Å². The van der Waals surface area contributed by atoms with Gasteiger partial charge in [0.15, 0.2) is 11.5 Å². The number of carbonyl (C=O) groups is 2. The number of carboxylic acid groups (broad SMARTS) is 1. The van der Waals surface area contributed by atoms with Crippen LogP contribution in [0.25, 0.3) is 0 Å². The van der Waals surface area contributed by atoms with Gasteiger partial charge >= 0.3 is 5.97 Å². The van der Waals surface area contributed by atoms with E-state index in [1.165, 1.54) is 14.0 Å². The van der Waals surface area contributed by atoms with Crippen LogP contribution >= 0.6 is 0 Å². The average Bonchev–Trinajstić information content (AvgIpc) is 2.46. The van der Waals surface area contributed by atoms with E-state index < -0.39 is 28.5 Å². The Labute approximate surface area is 126 Å². The van der Waals surface area contributed by atoms with Crippen LogP contribution in [0.4, 0.5) is 5.69 Å². The van der Waals surface area contributed by atoms with Crippen molar-refractivity contribution in [3.63, 3.8) is 0 Å². The van der Waals surface area contributed by atoms with Crippen LogP contribution in [-0.2, 0) is 4.79 Å². The molecule has 120 valence electrons. The first-order valence-corrected chi connectivity index (χ1v) is 6.34. The number of benzene rings is 1. The standard InChI is InChI=1S/C13H16N2O7/c1-4-22-11-5-8(12(16)14-7(2)13(17)18)9(15(19)20)6-10(11)21-3/h5-7H,4H2,1-3H3,(H,14,16)(H,17,18)/t7-/m0/s1. The highest BCUT2D eigenvalue weighted by molar-refractivity contribution is 6.00. The van der Waals surface area contributed by atoms with Crippen molar-refractivity contribution < 1.29 is 29.1 Å². The number of hydrogen-bond acceptors (Lipinski definition) is 6. The molecule has 0 saturated carbocycles. The molecule has 2 N–H and O–H groups in total. The molecule has 0 aliphatic carbocycles. The molecule has 0 aliphatic heterocycles. The molecule has 1 aromatic rings. The highest BCUT2D eigenvalue weighted by Gasteiger charge is 2.26. The summed E-state index contributed by atoms with van der Waals surface area (Å²) in [4.78, 5) is 33.2. The number of nitrogens with one attached hydrogen (secondary N) is 1. The van der Waals surface area contributed by atoms with Gasteiger partial charge in [0, 0.05) is 6.07 Å². The van der Waals surface area contributed by atoms with Crippen LogP contribution in [0.1, 0.15) is 24.2 Å². The predicted molar refractivity (Wildman–Crippen MR) is 75.4 cm³/mol. The number of ether oxygens (including phenoxy) is 2. The summed E-state index contributed by atoms with van der Waals surface area (Å²) >= 11 is 0. The molecule has 1 atom stereocenters. The van der Waals surface area contributed by atoms with Crippen LogP contribution in [0, 0.1) is 10.1 Å². The summed E-state index contributed by atoms with van der Waals surface area (Å²) in [5, 5.41) is 22.0. The molecule has 9 nitrogen and oxygen atoms in total. The van der Waals surface area contributed by atoms with Gasteiger partial charge in [-0.25, -0.2) is 0 Å². The molecule has 0 unspecified atom stereocenters. The Morgan fingerprint density at radius 2 is 2.05 bits per heavy atom. The maximum absolute atomic E-state index is 12.1. The first kappa shape index (κ1) is 17.2. The van der Waals surface area contributed by atoms with Gasteiger partial charge in [0.1, 0.15) is 11.6 Å². The fourth-order valence-electron chi connectivity index (χ4n) is 1.65. The van der Waals surface area contributed by atoms with Crippen molar-refractivity contribution >= 4 is 17.6 Å². The van der Waals surface area contributed by atoms with Gasteiger partial charge in [0.25, 0.3) is 11.6 Å². The number of aliphatic carboxylic acids is 1. The topological polar surface area (TPSA) is 128 Å². The second-order valence-electron chi connectivity index (χ2n) is 4.24. The number of rotatable bonds is 7. The van der Waals surface area contributed by atoms with Gasteiger partial charge in [-0.3, -0.25) is 19.7 Å². The Morgan fingerprint density at radius 1 is 1.41 bits per heavy atom. The van der Waals surface area contributed by atoms with E-state index in [1.54, 1.807) is 6.92 Å². The van der Waals surface area contributed by atoms with Gasteiger partial charge in [-0.05, 0) is 13.8 Å². The third kappa shape index (κ3) is 3.84. The van der Waals surface area contributed by atoms with E-state index in [4.69, 9.17) is 14.6 Å². The average molecular weight is 312 g/mol. The number of nitro groups is 1. The number of nitrogens with zero attached hydrogens (tertiary/aromatic N) is 1. The highest BCUT2D eigenvalue weighted by atomic mass is 16.6. The molecule has 0 saturated heterocycles. The van der Waals surface area contributed by atoms with E-state index in [-0.39, 0.29) is 23.7 Å². The monoisotopic (exact) mass is 312 g/mol. The van der Waals surface area contributed by atoms with Gasteiger partial charge in [-0.1, -0.05) is 0 Å². The number of carbonyl (C=O) groups excluding carboxylic acids is 1. The predicted octanol–water partition coefficient (Wildman–Crippen LogP) is 1.21. The normalized spacial score (nSPS) is 11.4. The summed E-state index contributed by atoms with van der Waals surface area (Å²) in [6, 6.07) is 1.03. The zero-order chi connectivity index (χ0) is 16.9. The summed E-state index contributed by atoms with van der Waals surface area (Å²) in [6.07, 6.45) is 0. The molecule has 0 bridgehead atoms. The molecule has 1 amide bonds. The minimum absolute atomic E-state index is 0.108. The summed E-state index contributed by atoms with van der Waals surface area (Å²) in [5.74, 6) is -1.88. The largest absolute Gasteiger partial charge is 0.493 e. The van der Waals surface area contributed by atoms with Crippen LogP contribution in [-0.4, -0.2) is 41.7 Å². The van der Waals surface area contributed by atoms with Gasteiger partial charge < -0.3 is 19.9 Å². The van der Waals surface area contributed by atoms with Crippen molar-refractivity contribution in [2.75, 3.05) is 13.7 Å². The zero-order valence-electron chi connectivity index (χ0n) is 12.3. The van der Waals surface area contributed by atoms with Gasteiger partial charge in [-0.15, -0.1) is 0 Å². The lowest BCUT2D eigenvalue weighted by molar-refractivity contribution is -0.385. The number of carboxylic acids is 1. The number of hydrogen-bond donors (Lipinski definition) is 2. The van der Waals surface area contributed by atoms with E-state index in [0.29, 0.717) is 0 Å². The maximum atomic E-state index is 12.1. The fourth-order valence-corrected chi connectivity index (χ4v) is 1.65. The molecular formula is C13H16N2O7. The Morgan fingerprint density at radius 3 is 2.50 bits per heavy atom. The minimum Gasteiger partial charge on any atom is -0.493 e. The van der Waals surface area contributed by atoms with Crippen molar-refractivity contribution in [1.29, 1.82) is 0 Å². The lowest BCUT2D eigenvalue weighted by atomic mass is 10.1. The summed E-state index contributed by atoms with van der Waals surface area (Å²) in [7, 11) is 1.31. The second-order valence-corrected chi connectivity index (χ2v) is 4.24. The van der Waals surface area contributed by atoms with Crippen molar-refractivity contribution in [3.8, 4) is 11.5 Å². The molecule has 1 rings (SSSR count). The van der Waals surface area contributed by atoms with E-state index in [0.717, 1.165) is 12.1 Å². The molecular weight excluding hydrogens is 296 g/mol. The SMILES string of the molecule is CCOc1cc(C(=O)N[C@@H](C)C(=O)O)c([N+](=O)[O-])cc1OC. The van der Waals surface area contributed by atoms with Gasteiger partial charge in [0.2, 0.25) is 0 Å². The van der Waals surface area contributed by atoms with Crippen molar-refractivity contribution in [1.82, 2.24) is 5.32 Å². The smallest absolute Gasteiger partial charge is 0.325 e. The van der Waals surface area contributed by atoms with Crippen LogP contribution in [0.15, 0.2) is 12.1 Å². The van der Waals surface area contributed by atoms with Crippen LogP contribution < -0.4 is 14.8 Å². The van der Waals surface area contributed by atoms with Crippen LogP contribution in [0.5, 0.6) is 11.5 Å². The molecule has 0 spiro atoms. The lowest BCUT2D eigenvalue weighted by Crippen LogP contribution is -2.38. The van der Waals surface area contributed by atoms with E-state index in [9.17, 15) is 19.7 Å². The van der Waals surface area contributed by atoms with Crippen LogP contribution in [0.3, 0.4) is 0 Å². The minimum atomic E-state index is -1.26. The molecule has 9 heteroatoms. The van der Waals surface area contributed by atoms with Crippen molar-refractivity contribution in [3.05, 3.63) is 27.8 Å². The number of methoxy groups -OCH3 is 1. The molecule has 0 heterocycles. The number of nitro benzene ring substituents is 1. The lowest BCUT2D eigenvalue weighted by Gasteiger charge is -2.13. The molecule has 1 aromatic carbocycles. The summed E-state index contributed by atoms with van der Waals surface area (Å²) < 4.78 is 10.2. The first-order chi connectivity index (χ1) is 10.3. The Bertz CT molecular complexity index is 600. The first-order valence-electron chi connectivity index (χ1n) is 6.34. The fraction of sp³-hybridized carbons (Fsp3) is 0.385. The highest BCUT2D eigenvalue weighted by Crippen LogP contribution is 2.34. The van der Waals surface area contributed by atoms with E-state index >= 15 is 0 Å². The molecule has 0 fully saturated rings. The Balaban J connectivity index is 3.30. The van der Waals surface area contributed by atoms with Gasteiger partial charge in [0.05, 0.1) is 24.7 Å². The molecule has 22 heavy (non-hydrogen) atoms. The Kier molecular flexibility index (Phi) is 5.67. The quantitative estimate of drug-likeness (QED) is 0.572. The second kappa shape index (κ2) is 7.25. The number of amides is 1. The third-order valence-corrected chi connectivity index (χ3v) is 2.74. The Hall–Kier alpha value is -2.84. The van der Waals surface area contributed by atoms with E-state index in [2.05, 4.69) is 5.32 Å².